The van der Waals surface area contributed by atoms with Crippen LogP contribution in [0, 0.1) is 11.6 Å². The molecule has 7 heteroatoms. The molecule has 1 aliphatic carbocycles. The number of halogens is 2. The third-order valence-corrected chi connectivity index (χ3v) is 5.84. The Kier molecular flexibility index (Phi) is 7.62. The number of anilines is 1. The fourth-order valence-corrected chi connectivity index (χ4v) is 4.23. The Hall–Kier alpha value is -2.51. The highest BCUT2D eigenvalue weighted by Crippen LogP contribution is 2.25. The zero-order valence-electron chi connectivity index (χ0n) is 17.5. The van der Waals surface area contributed by atoms with E-state index in [-0.39, 0.29) is 19.5 Å². The first-order valence-electron chi connectivity index (χ1n) is 10.5. The van der Waals surface area contributed by atoms with Gasteiger partial charge in [-0.15, -0.1) is 0 Å². The van der Waals surface area contributed by atoms with Crippen molar-refractivity contribution in [1.82, 2.24) is 15.5 Å². The molecule has 0 aromatic heterocycles. The first-order chi connectivity index (χ1) is 14.5. The van der Waals surface area contributed by atoms with E-state index >= 15 is 0 Å². The van der Waals surface area contributed by atoms with E-state index in [4.69, 9.17) is 4.99 Å². The van der Waals surface area contributed by atoms with Gasteiger partial charge in [0.05, 0.1) is 0 Å². The summed E-state index contributed by atoms with van der Waals surface area (Å²) in [5.41, 5.74) is 2.57. The third-order valence-electron chi connectivity index (χ3n) is 5.84. The smallest absolute Gasteiger partial charge is 0.176 e. The molecular weight excluding hydrogens is 396 g/mol. The number of amidine groups is 1. The van der Waals surface area contributed by atoms with E-state index in [1.807, 2.05) is 31.1 Å². The number of hydrogen-bond donors (Lipinski definition) is 3. The van der Waals surface area contributed by atoms with Crippen LogP contribution in [0.4, 0.5) is 14.5 Å². The number of aliphatic imine (C=N–C) groups is 1. The first kappa shape index (κ1) is 23.2. The van der Waals surface area contributed by atoms with Gasteiger partial charge in [-0.05, 0) is 56.0 Å². The van der Waals surface area contributed by atoms with Crippen molar-refractivity contribution in [1.29, 1.82) is 0 Å². The van der Waals surface area contributed by atoms with E-state index in [1.165, 1.54) is 12.1 Å². The minimum absolute atomic E-state index is 0. The summed E-state index contributed by atoms with van der Waals surface area (Å²) in [7, 11) is 4.02. The number of hydrogen-bond acceptors (Lipinski definition) is 5. The fourth-order valence-electron chi connectivity index (χ4n) is 4.23. The lowest BCUT2D eigenvalue weighted by Gasteiger charge is -2.34. The van der Waals surface area contributed by atoms with Gasteiger partial charge in [0.25, 0.3) is 0 Å². The molecule has 31 heavy (non-hydrogen) atoms. The van der Waals surface area contributed by atoms with Gasteiger partial charge in [-0.1, -0.05) is 19.6 Å². The van der Waals surface area contributed by atoms with Gasteiger partial charge in [0.15, 0.2) is 6.29 Å². The average Bonchev–Trinajstić information content (AvgIpc) is 2.74. The second kappa shape index (κ2) is 10.2. The molecule has 1 atom stereocenters. The minimum atomic E-state index is -0.402. The summed E-state index contributed by atoms with van der Waals surface area (Å²) in [4.78, 5) is 6.90. The zero-order valence-corrected chi connectivity index (χ0v) is 17.5. The normalized spacial score (nSPS) is 22.6. The molecule has 2 aromatic carbocycles. The van der Waals surface area contributed by atoms with Crippen molar-refractivity contribution in [3.05, 3.63) is 65.2 Å². The van der Waals surface area contributed by atoms with Gasteiger partial charge in [0, 0.05) is 49.5 Å². The maximum absolute atomic E-state index is 13.8. The molecule has 1 aliphatic heterocycles. The van der Waals surface area contributed by atoms with E-state index in [0.29, 0.717) is 24.2 Å². The molecule has 0 amide bonds. The molecule has 0 radical (unpaired) electrons. The molecule has 1 saturated carbocycles. The van der Waals surface area contributed by atoms with E-state index in [9.17, 15) is 8.78 Å². The van der Waals surface area contributed by atoms with Crippen LogP contribution < -0.4 is 16.0 Å². The van der Waals surface area contributed by atoms with Crippen molar-refractivity contribution in [2.24, 2.45) is 4.99 Å². The monoisotopic (exact) mass is 429 g/mol. The quantitative estimate of drug-likeness (QED) is 0.663. The van der Waals surface area contributed by atoms with Crippen molar-refractivity contribution in [3.8, 4) is 0 Å². The Labute approximate surface area is 183 Å². The van der Waals surface area contributed by atoms with Crippen LogP contribution in [0.2, 0.25) is 0 Å². The molecular formula is C24H33F2N5. The van der Waals surface area contributed by atoms with Gasteiger partial charge in [-0.3, -0.25) is 5.32 Å². The van der Waals surface area contributed by atoms with Gasteiger partial charge < -0.3 is 15.5 Å². The van der Waals surface area contributed by atoms with Gasteiger partial charge in [0.2, 0.25) is 0 Å². The lowest BCUT2D eigenvalue weighted by atomic mass is 9.91. The van der Waals surface area contributed by atoms with Crippen LogP contribution in [0.5, 0.6) is 0 Å². The topological polar surface area (TPSA) is 51.7 Å². The second-order valence-electron chi connectivity index (χ2n) is 8.27. The Balaban J connectivity index is 0.00000272. The Morgan fingerprint density at radius 2 is 1.74 bits per heavy atom. The molecule has 0 bridgehead atoms. The van der Waals surface area contributed by atoms with Crippen molar-refractivity contribution in [3.63, 3.8) is 0 Å². The van der Waals surface area contributed by atoms with Crippen LogP contribution in [0.15, 0.2) is 47.5 Å². The van der Waals surface area contributed by atoms with Crippen LogP contribution in [-0.2, 0) is 6.54 Å². The van der Waals surface area contributed by atoms with E-state index in [2.05, 4.69) is 28.1 Å². The van der Waals surface area contributed by atoms with Crippen LogP contribution in [0.1, 0.15) is 44.2 Å². The number of nitrogens with one attached hydrogen (secondary N) is 3. The summed E-state index contributed by atoms with van der Waals surface area (Å²) in [6.07, 6.45) is 3.84. The summed E-state index contributed by atoms with van der Waals surface area (Å²) in [5.74, 6) is 0.201. The summed E-state index contributed by atoms with van der Waals surface area (Å²) in [6.45, 7) is 0.351. The van der Waals surface area contributed by atoms with E-state index < -0.39 is 5.82 Å². The lowest BCUT2D eigenvalue weighted by molar-refractivity contribution is 0.293. The van der Waals surface area contributed by atoms with Crippen LogP contribution >= 0.6 is 0 Å². The van der Waals surface area contributed by atoms with Gasteiger partial charge in [-0.2, -0.15) is 0 Å². The number of fused-ring (bicyclic) bond motifs is 1. The van der Waals surface area contributed by atoms with Crippen LogP contribution in [-0.4, -0.2) is 43.2 Å². The fraction of sp³-hybridized carbons (Fsp3) is 0.458. The van der Waals surface area contributed by atoms with E-state index in [1.54, 1.807) is 0 Å². The van der Waals surface area contributed by atoms with Crippen molar-refractivity contribution in [2.45, 2.75) is 58.0 Å². The van der Waals surface area contributed by atoms with Gasteiger partial charge >= 0.3 is 0 Å². The summed E-state index contributed by atoms with van der Waals surface area (Å²) in [6, 6.07) is 12.5. The highest BCUT2D eigenvalue weighted by atomic mass is 19.1. The number of nitrogens with zero attached hydrogens (tertiary/aromatic N) is 2. The molecule has 0 saturated heterocycles. The van der Waals surface area contributed by atoms with Crippen molar-refractivity contribution >= 4 is 11.5 Å². The predicted molar refractivity (Wildman–Crippen MR) is 123 cm³/mol. The maximum Gasteiger partial charge on any atom is 0.176 e. The molecule has 4 rings (SSSR count). The minimum Gasteiger partial charge on any atom is -0.362 e. The molecule has 168 valence electrons. The lowest BCUT2D eigenvalue weighted by Crippen LogP contribution is -2.48. The SMILES string of the molecule is C.CN(C)C1=NC(NC2CCC(NCc3cc(F)ccc3F)CC2)Nc2ccccc21. The number of benzene rings is 2. The highest BCUT2D eigenvalue weighted by Gasteiger charge is 2.26. The van der Waals surface area contributed by atoms with Gasteiger partial charge in [-0.25, -0.2) is 13.8 Å². The summed E-state index contributed by atoms with van der Waals surface area (Å²) >= 11 is 0. The molecule has 0 spiro atoms. The van der Waals surface area contributed by atoms with Crippen molar-refractivity contribution < 1.29 is 8.78 Å². The highest BCUT2D eigenvalue weighted by molar-refractivity contribution is 6.04. The number of para-hydroxylation sites is 1. The molecule has 1 unspecified atom stereocenters. The van der Waals surface area contributed by atoms with E-state index in [0.717, 1.165) is 48.8 Å². The second-order valence-corrected chi connectivity index (χ2v) is 8.27. The van der Waals surface area contributed by atoms with Crippen LogP contribution in [0.25, 0.3) is 0 Å². The summed E-state index contributed by atoms with van der Waals surface area (Å²) in [5, 5.41) is 10.5. The first-order valence-corrected chi connectivity index (χ1v) is 10.5. The Morgan fingerprint density at radius 1 is 1.03 bits per heavy atom. The maximum atomic E-state index is 13.8. The Morgan fingerprint density at radius 3 is 2.48 bits per heavy atom. The molecule has 2 aromatic rings. The average molecular weight is 430 g/mol. The molecule has 2 aliphatic rings. The Bertz CT molecular complexity index is 907. The predicted octanol–water partition coefficient (Wildman–Crippen LogP) is 4.31. The van der Waals surface area contributed by atoms with Crippen molar-refractivity contribution in [2.75, 3.05) is 19.4 Å². The van der Waals surface area contributed by atoms with Gasteiger partial charge in [0.1, 0.15) is 17.5 Å². The third kappa shape index (κ3) is 5.60. The zero-order chi connectivity index (χ0) is 21.1. The standard InChI is InChI=1S/C23H29F2N5.CH4/c1-30(2)22-19-5-3-4-6-21(19)28-23(29-22)27-18-10-8-17(9-11-18)26-14-15-13-16(24)7-12-20(15)25;/h3-7,12-13,17-18,23,26-28H,8-11,14H2,1-2H3;1H4. The summed E-state index contributed by atoms with van der Waals surface area (Å²) < 4.78 is 27.1. The largest absolute Gasteiger partial charge is 0.362 e. The molecule has 3 N–H and O–H groups in total. The molecule has 1 fully saturated rings. The molecule has 1 heterocycles. The number of rotatable bonds is 5. The van der Waals surface area contributed by atoms with Crippen LogP contribution in [0.3, 0.4) is 0 Å². The molecule has 5 nitrogen and oxygen atoms in total.